The van der Waals surface area contributed by atoms with E-state index >= 15 is 0 Å². The van der Waals surface area contributed by atoms with Crippen LogP contribution in [0.4, 0.5) is 14.5 Å². The molecule has 0 saturated heterocycles. The van der Waals surface area contributed by atoms with E-state index in [0.717, 1.165) is 31.2 Å². The minimum atomic E-state index is -1.38. The highest BCUT2D eigenvalue weighted by molar-refractivity contribution is 5.89. The Morgan fingerprint density at radius 2 is 1.86 bits per heavy atom. The number of halogens is 2. The standard InChI is InChI=1S/C16H19F2NO2/c17-13-8-14(18)15(7-12(13)16(20)21)19-11-3-1-2-10(6-11)9-4-5-9/h7-11,19H,1-6H2,(H,20,21). The van der Waals surface area contributed by atoms with Crippen molar-refractivity contribution < 1.29 is 18.7 Å². The van der Waals surface area contributed by atoms with Crippen LogP contribution in [0.1, 0.15) is 48.9 Å². The van der Waals surface area contributed by atoms with Crippen LogP contribution in [0.2, 0.25) is 0 Å². The van der Waals surface area contributed by atoms with Gasteiger partial charge in [0, 0.05) is 12.1 Å². The Morgan fingerprint density at radius 3 is 2.52 bits per heavy atom. The topological polar surface area (TPSA) is 49.3 Å². The maximum absolute atomic E-state index is 13.8. The van der Waals surface area contributed by atoms with E-state index in [1.807, 2.05) is 0 Å². The molecule has 0 spiro atoms. The smallest absolute Gasteiger partial charge is 0.338 e. The van der Waals surface area contributed by atoms with E-state index in [2.05, 4.69) is 5.32 Å². The lowest BCUT2D eigenvalue weighted by Crippen LogP contribution is -2.28. The molecular formula is C16H19F2NO2. The predicted molar refractivity (Wildman–Crippen MR) is 75.4 cm³/mol. The van der Waals surface area contributed by atoms with Crippen molar-refractivity contribution in [1.82, 2.24) is 0 Å². The highest BCUT2D eigenvalue weighted by atomic mass is 19.1. The SMILES string of the molecule is O=C(O)c1cc(NC2CCCC(C3CC3)C2)c(F)cc1F. The minimum absolute atomic E-state index is 0.0928. The average Bonchev–Trinajstić information content (AvgIpc) is 3.26. The molecular weight excluding hydrogens is 276 g/mol. The number of hydrogen-bond acceptors (Lipinski definition) is 2. The molecule has 2 fully saturated rings. The minimum Gasteiger partial charge on any atom is -0.478 e. The average molecular weight is 295 g/mol. The van der Waals surface area contributed by atoms with Gasteiger partial charge in [0.05, 0.1) is 11.3 Å². The van der Waals surface area contributed by atoms with Crippen molar-refractivity contribution in [2.45, 2.75) is 44.6 Å². The van der Waals surface area contributed by atoms with Crippen LogP contribution in [-0.4, -0.2) is 17.1 Å². The van der Waals surface area contributed by atoms with E-state index in [-0.39, 0.29) is 11.7 Å². The Labute approximate surface area is 122 Å². The quantitative estimate of drug-likeness (QED) is 0.881. The van der Waals surface area contributed by atoms with Gasteiger partial charge in [-0.05, 0) is 43.6 Å². The second-order valence-corrected chi connectivity index (χ2v) is 6.22. The van der Waals surface area contributed by atoms with Gasteiger partial charge in [0.2, 0.25) is 0 Å². The molecule has 0 aliphatic heterocycles. The Balaban J connectivity index is 1.74. The van der Waals surface area contributed by atoms with Crippen LogP contribution in [0.3, 0.4) is 0 Å². The van der Waals surface area contributed by atoms with Gasteiger partial charge in [0.1, 0.15) is 11.6 Å². The number of anilines is 1. The molecule has 0 amide bonds. The number of rotatable bonds is 4. The van der Waals surface area contributed by atoms with E-state index in [1.54, 1.807) is 0 Å². The van der Waals surface area contributed by atoms with Crippen molar-refractivity contribution in [1.29, 1.82) is 0 Å². The Hall–Kier alpha value is -1.65. The van der Waals surface area contributed by atoms with Gasteiger partial charge in [-0.3, -0.25) is 0 Å². The zero-order valence-corrected chi connectivity index (χ0v) is 11.7. The van der Waals surface area contributed by atoms with Gasteiger partial charge in [-0.15, -0.1) is 0 Å². The summed E-state index contributed by atoms with van der Waals surface area (Å²) < 4.78 is 27.2. The monoisotopic (exact) mass is 295 g/mol. The summed E-state index contributed by atoms with van der Waals surface area (Å²) in [5.41, 5.74) is -0.399. The van der Waals surface area contributed by atoms with Crippen LogP contribution in [0.5, 0.6) is 0 Å². The fourth-order valence-electron chi connectivity index (χ4n) is 3.40. The first-order valence-corrected chi connectivity index (χ1v) is 7.53. The van der Waals surface area contributed by atoms with Gasteiger partial charge in [0.15, 0.2) is 0 Å². The summed E-state index contributed by atoms with van der Waals surface area (Å²) in [6, 6.07) is 1.85. The second kappa shape index (κ2) is 5.62. The zero-order valence-electron chi connectivity index (χ0n) is 11.7. The van der Waals surface area contributed by atoms with Gasteiger partial charge in [0.25, 0.3) is 0 Å². The first-order chi connectivity index (χ1) is 10.0. The maximum Gasteiger partial charge on any atom is 0.338 e. The fourth-order valence-corrected chi connectivity index (χ4v) is 3.40. The summed E-state index contributed by atoms with van der Waals surface area (Å²) in [4.78, 5) is 10.9. The highest BCUT2D eigenvalue weighted by Crippen LogP contribution is 2.44. The van der Waals surface area contributed by atoms with E-state index in [9.17, 15) is 13.6 Å². The molecule has 2 N–H and O–H groups in total. The Kier molecular flexibility index (Phi) is 3.83. The van der Waals surface area contributed by atoms with Crippen LogP contribution >= 0.6 is 0 Å². The molecule has 3 rings (SSSR count). The van der Waals surface area contributed by atoms with Crippen LogP contribution in [-0.2, 0) is 0 Å². The van der Waals surface area contributed by atoms with Crippen molar-refractivity contribution in [3.8, 4) is 0 Å². The van der Waals surface area contributed by atoms with Gasteiger partial charge >= 0.3 is 5.97 Å². The molecule has 5 heteroatoms. The summed E-state index contributed by atoms with van der Waals surface area (Å²) in [6.07, 6.45) is 6.87. The number of benzene rings is 1. The molecule has 2 atom stereocenters. The summed E-state index contributed by atoms with van der Waals surface area (Å²) in [6.45, 7) is 0. The third kappa shape index (κ3) is 3.17. The fraction of sp³-hybridized carbons (Fsp3) is 0.562. The van der Waals surface area contributed by atoms with Gasteiger partial charge in [-0.25, -0.2) is 13.6 Å². The molecule has 2 aliphatic rings. The summed E-state index contributed by atoms with van der Waals surface area (Å²) in [5, 5.41) is 12.0. The number of nitrogens with one attached hydrogen (secondary N) is 1. The Morgan fingerprint density at radius 1 is 1.10 bits per heavy atom. The lowest BCUT2D eigenvalue weighted by atomic mass is 9.82. The molecule has 1 aromatic rings. The number of aromatic carboxylic acids is 1. The summed E-state index contributed by atoms with van der Waals surface area (Å²) >= 11 is 0. The summed E-state index contributed by atoms with van der Waals surface area (Å²) in [5.74, 6) is -1.63. The third-order valence-corrected chi connectivity index (χ3v) is 4.65. The summed E-state index contributed by atoms with van der Waals surface area (Å²) in [7, 11) is 0. The van der Waals surface area contributed by atoms with Gasteiger partial charge in [-0.2, -0.15) is 0 Å². The molecule has 0 bridgehead atoms. The van der Waals surface area contributed by atoms with Crippen molar-refractivity contribution >= 4 is 11.7 Å². The van der Waals surface area contributed by atoms with Crippen molar-refractivity contribution in [3.63, 3.8) is 0 Å². The lowest BCUT2D eigenvalue weighted by Gasteiger charge is -2.30. The molecule has 0 radical (unpaired) electrons. The first kappa shape index (κ1) is 14.3. The maximum atomic E-state index is 13.8. The number of carbonyl (C=O) groups is 1. The van der Waals surface area contributed by atoms with Gasteiger partial charge in [-0.1, -0.05) is 12.8 Å². The van der Waals surface area contributed by atoms with E-state index in [1.165, 1.54) is 19.3 Å². The van der Waals surface area contributed by atoms with E-state index in [0.29, 0.717) is 12.0 Å². The largest absolute Gasteiger partial charge is 0.478 e. The molecule has 21 heavy (non-hydrogen) atoms. The van der Waals surface area contributed by atoms with Crippen molar-refractivity contribution in [2.75, 3.05) is 5.32 Å². The second-order valence-electron chi connectivity index (χ2n) is 6.22. The number of carboxylic acids is 1. The first-order valence-electron chi connectivity index (χ1n) is 7.53. The van der Waals surface area contributed by atoms with E-state index < -0.39 is 23.2 Å². The molecule has 2 saturated carbocycles. The van der Waals surface area contributed by atoms with E-state index in [4.69, 9.17) is 5.11 Å². The Bertz CT molecular complexity index is 557. The molecule has 2 unspecified atom stereocenters. The molecule has 0 heterocycles. The van der Waals surface area contributed by atoms with Crippen LogP contribution < -0.4 is 5.32 Å². The normalized spacial score (nSPS) is 25.6. The molecule has 2 aliphatic carbocycles. The van der Waals surface area contributed by atoms with Crippen LogP contribution in [0.15, 0.2) is 12.1 Å². The molecule has 3 nitrogen and oxygen atoms in total. The third-order valence-electron chi connectivity index (χ3n) is 4.65. The lowest BCUT2D eigenvalue weighted by molar-refractivity contribution is 0.0692. The highest BCUT2D eigenvalue weighted by Gasteiger charge is 2.34. The van der Waals surface area contributed by atoms with Crippen molar-refractivity contribution in [2.24, 2.45) is 11.8 Å². The molecule has 114 valence electrons. The number of carboxylic acid groups (broad SMARTS) is 1. The zero-order chi connectivity index (χ0) is 15.0. The predicted octanol–water partition coefficient (Wildman–Crippen LogP) is 4.04. The van der Waals surface area contributed by atoms with Gasteiger partial charge < -0.3 is 10.4 Å². The number of hydrogen-bond donors (Lipinski definition) is 2. The van der Waals surface area contributed by atoms with Crippen molar-refractivity contribution in [3.05, 3.63) is 29.3 Å². The van der Waals surface area contributed by atoms with Crippen LogP contribution in [0.25, 0.3) is 0 Å². The van der Waals surface area contributed by atoms with Crippen LogP contribution in [0, 0.1) is 23.5 Å². The molecule has 1 aromatic carbocycles. The molecule has 0 aromatic heterocycles.